The normalized spacial score (nSPS) is 18.1. The largest absolute Gasteiger partial charge is 0.462 e. The fourth-order valence-corrected chi connectivity index (χ4v) is 4.65. The minimum atomic E-state index is -0.424. The summed E-state index contributed by atoms with van der Waals surface area (Å²) in [6, 6.07) is 12.5. The van der Waals surface area contributed by atoms with E-state index in [9.17, 15) is 9.59 Å². The van der Waals surface area contributed by atoms with E-state index in [1.54, 1.807) is 42.5 Å². The van der Waals surface area contributed by atoms with Crippen LogP contribution in [0.4, 0.5) is 11.4 Å². The number of nitrogen functional groups attached to an aromatic ring is 2. The van der Waals surface area contributed by atoms with Gasteiger partial charge in [0.1, 0.15) is 5.75 Å². The number of esters is 2. The van der Waals surface area contributed by atoms with Crippen LogP contribution >= 0.6 is 0 Å². The van der Waals surface area contributed by atoms with Crippen LogP contribution in [-0.4, -0.2) is 31.3 Å². The van der Waals surface area contributed by atoms with Crippen molar-refractivity contribution in [1.82, 2.24) is 0 Å². The molecule has 0 radical (unpaired) electrons. The van der Waals surface area contributed by atoms with Crippen LogP contribution in [0.2, 0.25) is 0 Å². The Morgan fingerprint density at radius 1 is 1.05 bits per heavy atom. The van der Waals surface area contributed by atoms with Crippen molar-refractivity contribution in [2.75, 3.05) is 24.7 Å². The summed E-state index contributed by atoms with van der Waals surface area (Å²) in [7, 11) is 0. The zero-order chi connectivity index (χ0) is 27.3. The van der Waals surface area contributed by atoms with Gasteiger partial charge in [-0.1, -0.05) is 38.0 Å². The number of hydrogen-bond donors (Lipinski definition) is 2. The molecule has 7 nitrogen and oxygen atoms in total. The Kier molecular flexibility index (Phi) is 11.4. The molecule has 0 saturated heterocycles. The second kappa shape index (κ2) is 15.0. The van der Waals surface area contributed by atoms with Gasteiger partial charge in [0, 0.05) is 23.4 Å². The standard InChI is InChI=1S/C31H40N2O5/c1-3-5-6-24(25-18-26(32)20-27(33)19-25)21-37-30(34)16-9-22-7-12-29(13-8-22)38-31(35)23-10-14-28(15-11-23)36-17-4-2/h4,7-9,12-13,16,18-20,23-24,28H,2-3,5-6,10-11,14-15,17,21,32-33H2,1H3/b16-9+. The summed E-state index contributed by atoms with van der Waals surface area (Å²) in [6.07, 6.45) is 11.1. The first-order chi connectivity index (χ1) is 18.4. The maximum absolute atomic E-state index is 12.6. The third-order valence-electron chi connectivity index (χ3n) is 6.77. The maximum atomic E-state index is 12.6. The Hall–Kier alpha value is -3.58. The molecule has 1 atom stereocenters. The fourth-order valence-electron chi connectivity index (χ4n) is 4.65. The molecule has 3 rings (SSSR count). The van der Waals surface area contributed by atoms with Crippen LogP contribution in [-0.2, 0) is 19.1 Å². The number of carbonyl (C=O) groups is 2. The highest BCUT2D eigenvalue weighted by Gasteiger charge is 2.28. The minimum absolute atomic E-state index is 0.0294. The lowest BCUT2D eigenvalue weighted by Gasteiger charge is -2.26. The lowest BCUT2D eigenvalue weighted by molar-refractivity contribution is -0.141. The number of nitrogens with two attached hydrogens (primary N) is 2. The molecule has 0 amide bonds. The molecule has 7 heteroatoms. The smallest absolute Gasteiger partial charge is 0.330 e. The summed E-state index contributed by atoms with van der Waals surface area (Å²) in [5.41, 5.74) is 14.9. The second-order valence-corrected chi connectivity index (χ2v) is 9.82. The van der Waals surface area contributed by atoms with E-state index in [2.05, 4.69) is 13.5 Å². The van der Waals surface area contributed by atoms with E-state index in [1.807, 2.05) is 12.1 Å². The number of hydrogen-bond acceptors (Lipinski definition) is 7. The topological polar surface area (TPSA) is 114 Å². The molecule has 1 fully saturated rings. The average molecular weight is 521 g/mol. The van der Waals surface area contributed by atoms with Crippen LogP contribution < -0.4 is 16.2 Å². The van der Waals surface area contributed by atoms with E-state index >= 15 is 0 Å². The number of unbranched alkanes of at least 4 members (excludes halogenated alkanes) is 1. The molecule has 2 aromatic rings. The van der Waals surface area contributed by atoms with Crippen molar-refractivity contribution in [1.29, 1.82) is 0 Å². The van der Waals surface area contributed by atoms with Crippen LogP contribution in [0.15, 0.2) is 61.2 Å². The van der Waals surface area contributed by atoms with Gasteiger partial charge >= 0.3 is 11.9 Å². The van der Waals surface area contributed by atoms with Gasteiger partial charge in [0.2, 0.25) is 0 Å². The Balaban J connectivity index is 1.47. The first-order valence-corrected chi connectivity index (χ1v) is 13.4. The van der Waals surface area contributed by atoms with Crippen molar-refractivity contribution in [2.24, 2.45) is 5.92 Å². The van der Waals surface area contributed by atoms with Crippen molar-refractivity contribution in [3.05, 3.63) is 72.3 Å². The molecule has 1 unspecified atom stereocenters. The van der Waals surface area contributed by atoms with Crippen molar-refractivity contribution in [2.45, 2.75) is 63.9 Å². The summed E-state index contributed by atoms with van der Waals surface area (Å²) >= 11 is 0. The quantitative estimate of drug-likeness (QED) is 0.109. The van der Waals surface area contributed by atoms with Gasteiger partial charge in [-0.2, -0.15) is 0 Å². The van der Waals surface area contributed by atoms with Crippen LogP contribution in [0.1, 0.15) is 68.9 Å². The van der Waals surface area contributed by atoms with Gasteiger partial charge in [0.25, 0.3) is 0 Å². The number of carbonyl (C=O) groups excluding carboxylic acids is 2. The number of ether oxygens (including phenoxy) is 3. The molecule has 0 spiro atoms. The van der Waals surface area contributed by atoms with Gasteiger partial charge in [-0.25, -0.2) is 4.79 Å². The molecule has 204 valence electrons. The summed E-state index contributed by atoms with van der Waals surface area (Å²) < 4.78 is 16.8. The Morgan fingerprint density at radius 2 is 1.74 bits per heavy atom. The molecule has 1 aliphatic rings. The molecule has 1 saturated carbocycles. The maximum Gasteiger partial charge on any atom is 0.330 e. The van der Waals surface area contributed by atoms with Crippen LogP contribution in [0.5, 0.6) is 5.75 Å². The van der Waals surface area contributed by atoms with Gasteiger partial charge < -0.3 is 25.7 Å². The molecular formula is C31H40N2O5. The lowest BCUT2D eigenvalue weighted by atomic mass is 9.87. The molecule has 0 bridgehead atoms. The zero-order valence-corrected chi connectivity index (χ0v) is 22.3. The molecule has 0 heterocycles. The predicted octanol–water partition coefficient (Wildman–Crippen LogP) is 6.05. The fraction of sp³-hybridized carbons (Fsp3) is 0.419. The molecule has 4 N–H and O–H groups in total. The van der Waals surface area contributed by atoms with Gasteiger partial charge in [0.05, 0.1) is 25.2 Å². The second-order valence-electron chi connectivity index (χ2n) is 9.82. The summed E-state index contributed by atoms with van der Waals surface area (Å²) in [6.45, 7) is 6.58. The SMILES string of the molecule is C=CCOC1CCC(C(=O)Oc2ccc(/C=C/C(=O)OCC(CCCC)c3cc(N)cc(N)c3)cc2)CC1. The number of anilines is 2. The minimum Gasteiger partial charge on any atom is -0.462 e. The molecular weight excluding hydrogens is 480 g/mol. The first kappa shape index (κ1) is 29.0. The van der Waals surface area contributed by atoms with Crippen LogP contribution in [0, 0.1) is 5.92 Å². The van der Waals surface area contributed by atoms with Crippen molar-refractivity contribution < 1.29 is 23.8 Å². The molecule has 2 aromatic carbocycles. The van der Waals surface area contributed by atoms with Crippen LogP contribution in [0.25, 0.3) is 6.08 Å². The van der Waals surface area contributed by atoms with Gasteiger partial charge in [0.15, 0.2) is 0 Å². The third kappa shape index (κ3) is 9.38. The van der Waals surface area contributed by atoms with E-state index < -0.39 is 5.97 Å². The molecule has 38 heavy (non-hydrogen) atoms. The molecule has 1 aliphatic carbocycles. The first-order valence-electron chi connectivity index (χ1n) is 13.4. The van der Waals surface area contributed by atoms with Crippen molar-refractivity contribution in [3.8, 4) is 5.75 Å². The van der Waals surface area contributed by atoms with E-state index in [0.717, 1.165) is 56.1 Å². The molecule has 0 aromatic heterocycles. The van der Waals surface area contributed by atoms with Crippen LogP contribution in [0.3, 0.4) is 0 Å². The van der Waals surface area contributed by atoms with Crippen molar-refractivity contribution in [3.63, 3.8) is 0 Å². The lowest BCUT2D eigenvalue weighted by Crippen LogP contribution is -2.28. The highest BCUT2D eigenvalue weighted by Crippen LogP contribution is 2.29. The van der Waals surface area contributed by atoms with E-state index in [-0.39, 0.29) is 30.5 Å². The Bertz CT molecular complexity index is 1070. The van der Waals surface area contributed by atoms with E-state index in [0.29, 0.717) is 23.7 Å². The van der Waals surface area contributed by atoms with Gasteiger partial charge in [-0.05, 0) is 79.6 Å². The van der Waals surface area contributed by atoms with E-state index in [1.165, 1.54) is 6.08 Å². The average Bonchev–Trinajstić information content (AvgIpc) is 2.91. The number of benzene rings is 2. The van der Waals surface area contributed by atoms with Gasteiger partial charge in [-0.15, -0.1) is 6.58 Å². The monoisotopic (exact) mass is 520 g/mol. The highest BCUT2D eigenvalue weighted by atomic mass is 16.5. The highest BCUT2D eigenvalue weighted by molar-refractivity contribution is 5.87. The predicted molar refractivity (Wildman–Crippen MR) is 151 cm³/mol. The Morgan fingerprint density at radius 3 is 2.37 bits per heavy atom. The number of rotatable bonds is 13. The van der Waals surface area contributed by atoms with E-state index in [4.69, 9.17) is 25.7 Å². The summed E-state index contributed by atoms with van der Waals surface area (Å²) in [5, 5.41) is 0. The molecule has 0 aliphatic heterocycles. The Labute approximate surface area is 225 Å². The third-order valence-corrected chi connectivity index (χ3v) is 6.77. The zero-order valence-electron chi connectivity index (χ0n) is 22.3. The summed E-state index contributed by atoms with van der Waals surface area (Å²) in [5.74, 6) is -0.232. The van der Waals surface area contributed by atoms with Crippen molar-refractivity contribution >= 4 is 29.4 Å². The van der Waals surface area contributed by atoms with Gasteiger partial charge in [-0.3, -0.25) is 4.79 Å². The summed E-state index contributed by atoms with van der Waals surface area (Å²) in [4.78, 5) is 24.9.